The molecule has 1 heterocycles. The lowest BCUT2D eigenvalue weighted by Crippen LogP contribution is -2.38. The fourth-order valence-corrected chi connectivity index (χ4v) is 0.695. The van der Waals surface area contributed by atoms with Crippen LogP contribution in [0.15, 0.2) is 0 Å². The van der Waals surface area contributed by atoms with Gasteiger partial charge >= 0.3 is 0 Å². The summed E-state index contributed by atoms with van der Waals surface area (Å²) in [7, 11) is 0. The zero-order valence-electron chi connectivity index (χ0n) is 4.73. The first-order valence-corrected chi connectivity index (χ1v) is 2.57. The van der Waals surface area contributed by atoms with Crippen molar-refractivity contribution in [3.05, 3.63) is 0 Å². The van der Waals surface area contributed by atoms with Crippen LogP contribution in [0.3, 0.4) is 0 Å². The van der Waals surface area contributed by atoms with E-state index in [1.54, 1.807) is 0 Å². The molecular formula is C5H6N2O2. The van der Waals surface area contributed by atoms with Crippen molar-refractivity contribution in [3.8, 4) is 0 Å². The van der Waals surface area contributed by atoms with E-state index in [1.807, 2.05) is 0 Å². The van der Waals surface area contributed by atoms with E-state index in [2.05, 4.69) is 5.32 Å². The second kappa shape index (κ2) is 1.97. The summed E-state index contributed by atoms with van der Waals surface area (Å²) in [6.45, 7) is 0. The van der Waals surface area contributed by atoms with E-state index < -0.39 is 0 Å². The summed E-state index contributed by atoms with van der Waals surface area (Å²) in [6, 6.07) is 0. The van der Waals surface area contributed by atoms with Crippen LogP contribution in [-0.4, -0.2) is 17.5 Å². The molecule has 0 aromatic rings. The first-order chi connectivity index (χ1) is 4.18. The molecule has 9 heavy (non-hydrogen) atoms. The van der Waals surface area contributed by atoms with Crippen LogP contribution in [0, 0.1) is 5.41 Å². The van der Waals surface area contributed by atoms with Crippen LogP contribution < -0.4 is 5.32 Å². The lowest BCUT2D eigenvalue weighted by Gasteiger charge is -2.09. The number of hydrogen-bond donors (Lipinski definition) is 2. The highest BCUT2D eigenvalue weighted by molar-refractivity contribution is 6.17. The van der Waals surface area contributed by atoms with Crippen molar-refractivity contribution in [2.24, 2.45) is 0 Å². The Kier molecular flexibility index (Phi) is 1.30. The van der Waals surface area contributed by atoms with Crippen molar-refractivity contribution in [2.45, 2.75) is 12.8 Å². The van der Waals surface area contributed by atoms with Gasteiger partial charge in [0.25, 0.3) is 0 Å². The molecule has 1 fully saturated rings. The molecule has 0 aromatic carbocycles. The number of amidine groups is 1. The molecular weight excluding hydrogens is 120 g/mol. The van der Waals surface area contributed by atoms with Gasteiger partial charge in [0.15, 0.2) is 0 Å². The average molecular weight is 126 g/mol. The molecule has 0 bridgehead atoms. The fourth-order valence-electron chi connectivity index (χ4n) is 0.695. The smallest absolute Gasteiger partial charge is 0.232 e. The number of carbonyl (C=O) groups is 2. The van der Waals surface area contributed by atoms with Gasteiger partial charge in [0.1, 0.15) is 11.6 Å². The van der Waals surface area contributed by atoms with Gasteiger partial charge in [-0.1, -0.05) is 0 Å². The second-order valence-electron chi connectivity index (χ2n) is 1.92. The van der Waals surface area contributed by atoms with Crippen molar-refractivity contribution < 1.29 is 9.59 Å². The molecule has 4 heteroatoms. The van der Waals surface area contributed by atoms with Crippen molar-refractivity contribution in [2.75, 3.05) is 0 Å². The maximum absolute atomic E-state index is 10.5. The van der Waals surface area contributed by atoms with E-state index >= 15 is 0 Å². The predicted octanol–water partition coefficient (Wildman–Crippen LogP) is -0.557. The van der Waals surface area contributed by atoms with Crippen LogP contribution in [0.1, 0.15) is 12.8 Å². The maximum Gasteiger partial charge on any atom is 0.232 e. The van der Waals surface area contributed by atoms with Gasteiger partial charge in [-0.05, 0) is 0 Å². The highest BCUT2D eigenvalue weighted by Gasteiger charge is 2.18. The van der Waals surface area contributed by atoms with Crippen molar-refractivity contribution in [1.29, 1.82) is 5.41 Å². The summed E-state index contributed by atoms with van der Waals surface area (Å²) < 4.78 is 0. The van der Waals surface area contributed by atoms with Crippen LogP contribution in [0.2, 0.25) is 0 Å². The van der Waals surface area contributed by atoms with Crippen LogP contribution in [0.4, 0.5) is 0 Å². The van der Waals surface area contributed by atoms with Crippen molar-refractivity contribution in [3.63, 3.8) is 0 Å². The summed E-state index contributed by atoms with van der Waals surface area (Å²) in [5.74, 6) is -0.531. The normalized spacial score (nSPS) is 19.8. The molecule has 48 valence electrons. The van der Waals surface area contributed by atoms with Gasteiger partial charge in [-0.2, -0.15) is 0 Å². The Bertz CT molecular complexity index is 140. The summed E-state index contributed by atoms with van der Waals surface area (Å²) in [5, 5.41) is 9.13. The van der Waals surface area contributed by atoms with Gasteiger partial charge in [-0.25, -0.2) is 0 Å². The van der Waals surface area contributed by atoms with E-state index in [4.69, 9.17) is 5.41 Å². The highest BCUT2D eigenvalue weighted by atomic mass is 16.2. The number of hydrogen-bond acceptors (Lipinski definition) is 3. The van der Waals surface area contributed by atoms with Crippen LogP contribution in [0.25, 0.3) is 0 Å². The molecule has 0 unspecified atom stereocenters. The number of amides is 1. The summed E-state index contributed by atoms with van der Waals surface area (Å²) >= 11 is 0. The zero-order chi connectivity index (χ0) is 6.85. The first-order valence-electron chi connectivity index (χ1n) is 2.57. The number of ketones is 1. The third-order valence-corrected chi connectivity index (χ3v) is 1.02. The van der Waals surface area contributed by atoms with Gasteiger partial charge in [-0.15, -0.1) is 0 Å². The molecule has 1 rings (SSSR count). The van der Waals surface area contributed by atoms with Gasteiger partial charge < -0.3 is 5.32 Å². The molecule has 4 nitrogen and oxygen atoms in total. The monoisotopic (exact) mass is 126 g/mol. The third-order valence-electron chi connectivity index (χ3n) is 1.02. The van der Waals surface area contributed by atoms with Crippen LogP contribution in [-0.2, 0) is 9.59 Å². The van der Waals surface area contributed by atoms with Gasteiger partial charge in [-0.3, -0.25) is 15.0 Å². The minimum atomic E-state index is -0.365. The number of carbonyl (C=O) groups excluding carboxylic acids is 2. The van der Waals surface area contributed by atoms with E-state index in [-0.39, 0.29) is 30.4 Å². The van der Waals surface area contributed by atoms with Crippen molar-refractivity contribution in [1.82, 2.24) is 5.32 Å². The molecule has 0 aliphatic carbocycles. The number of piperidine rings is 1. The first kappa shape index (κ1) is 5.94. The van der Waals surface area contributed by atoms with E-state index in [9.17, 15) is 9.59 Å². The number of nitrogens with one attached hydrogen (secondary N) is 2. The Morgan fingerprint density at radius 2 is 2.00 bits per heavy atom. The molecule has 0 spiro atoms. The summed E-state index contributed by atoms with van der Waals surface area (Å²) in [4.78, 5) is 20.9. The molecule has 0 radical (unpaired) electrons. The molecule has 1 aliphatic rings. The Labute approximate surface area is 51.8 Å². The van der Waals surface area contributed by atoms with Gasteiger partial charge in [0.2, 0.25) is 5.91 Å². The average Bonchev–Trinajstić information content (AvgIpc) is 1.59. The third kappa shape index (κ3) is 1.35. The fraction of sp³-hybridized carbons (Fsp3) is 0.400. The Balaban J connectivity index is 2.64. The summed E-state index contributed by atoms with van der Waals surface area (Å²) in [6.07, 6.45) is 0.00806. The lowest BCUT2D eigenvalue weighted by molar-refractivity contribution is -0.127. The number of Topliss-reactive ketones (excluding diaryl/α,β-unsaturated/α-hetero) is 1. The standard InChI is InChI=1S/C5H6N2O2/c6-4-1-3(8)2-5(9)7-4/h1-2H2,(H2,6,7,9). The molecule has 0 aromatic heterocycles. The topological polar surface area (TPSA) is 70.0 Å². The number of rotatable bonds is 0. The second-order valence-corrected chi connectivity index (χ2v) is 1.92. The lowest BCUT2D eigenvalue weighted by atomic mass is 10.1. The molecule has 1 aliphatic heterocycles. The van der Waals surface area contributed by atoms with Crippen LogP contribution in [0.5, 0.6) is 0 Å². The minimum absolute atomic E-state index is 0.0104. The molecule has 0 saturated carbocycles. The van der Waals surface area contributed by atoms with Gasteiger partial charge in [0.05, 0.1) is 12.8 Å². The van der Waals surface area contributed by atoms with Crippen LogP contribution >= 0.6 is 0 Å². The molecule has 1 amide bonds. The highest BCUT2D eigenvalue weighted by Crippen LogP contribution is 1.96. The predicted molar refractivity (Wildman–Crippen MR) is 30.1 cm³/mol. The summed E-state index contributed by atoms with van der Waals surface area (Å²) in [5.41, 5.74) is 0. The molecule has 0 atom stereocenters. The Morgan fingerprint density at radius 3 is 2.44 bits per heavy atom. The Hall–Kier alpha value is -1.19. The van der Waals surface area contributed by atoms with E-state index in [0.29, 0.717) is 0 Å². The van der Waals surface area contributed by atoms with E-state index in [1.165, 1.54) is 0 Å². The SMILES string of the molecule is N=C1CC(=O)CC(=O)N1. The Morgan fingerprint density at radius 1 is 1.33 bits per heavy atom. The quantitative estimate of drug-likeness (QED) is 0.427. The maximum atomic E-state index is 10.5. The zero-order valence-corrected chi connectivity index (χ0v) is 4.73. The molecule has 1 saturated heterocycles. The van der Waals surface area contributed by atoms with E-state index in [0.717, 1.165) is 0 Å². The van der Waals surface area contributed by atoms with Gasteiger partial charge in [0, 0.05) is 0 Å². The van der Waals surface area contributed by atoms with Crippen molar-refractivity contribution >= 4 is 17.5 Å². The minimum Gasteiger partial charge on any atom is -0.314 e. The molecule has 2 N–H and O–H groups in total. The largest absolute Gasteiger partial charge is 0.314 e.